The van der Waals surface area contributed by atoms with E-state index in [1.54, 1.807) is 6.92 Å². The molecule has 1 aromatic heterocycles. The van der Waals surface area contributed by atoms with Crippen molar-refractivity contribution in [1.82, 2.24) is 15.3 Å². The van der Waals surface area contributed by atoms with Gasteiger partial charge in [0.25, 0.3) is 6.43 Å². The van der Waals surface area contributed by atoms with E-state index in [0.29, 0.717) is 18.9 Å². The summed E-state index contributed by atoms with van der Waals surface area (Å²) in [5.74, 6) is -0.273. The van der Waals surface area contributed by atoms with Crippen LogP contribution in [-0.4, -0.2) is 9.97 Å². The van der Waals surface area contributed by atoms with E-state index in [-0.39, 0.29) is 18.0 Å². The van der Waals surface area contributed by atoms with Gasteiger partial charge in [-0.25, -0.2) is 23.1 Å². The lowest BCUT2D eigenvalue weighted by atomic mass is 10.0. The number of fused-ring (bicyclic) bond motifs is 1. The van der Waals surface area contributed by atoms with Gasteiger partial charge in [0.15, 0.2) is 0 Å². The average Bonchev–Trinajstić information content (AvgIpc) is 2.96. The number of rotatable bonds is 4. The highest BCUT2D eigenvalue weighted by molar-refractivity contribution is 5.85. The molecule has 2 N–H and O–H groups in total. The summed E-state index contributed by atoms with van der Waals surface area (Å²) in [5, 5.41) is 6.25. The Morgan fingerprint density at radius 2 is 1.91 bits per heavy atom. The zero-order valence-corrected chi connectivity index (χ0v) is 13.1. The first-order chi connectivity index (χ1) is 10.6. The maximum Gasteiger partial charge on any atom is 0.266 e. The van der Waals surface area contributed by atoms with E-state index in [1.807, 2.05) is 0 Å². The third-order valence-corrected chi connectivity index (χ3v) is 3.74. The molecule has 0 aliphatic carbocycles. The molecule has 4 nitrogen and oxygen atoms in total. The van der Waals surface area contributed by atoms with Gasteiger partial charge in [0, 0.05) is 24.2 Å². The number of benzene rings is 1. The molecule has 2 heterocycles. The summed E-state index contributed by atoms with van der Waals surface area (Å²) in [5.41, 5.74) is 1.43. The molecular weight excluding hydrogens is 329 g/mol. The van der Waals surface area contributed by atoms with Crippen molar-refractivity contribution in [2.75, 3.05) is 5.32 Å². The van der Waals surface area contributed by atoms with Crippen LogP contribution in [0.5, 0.6) is 0 Å². The van der Waals surface area contributed by atoms with Crippen molar-refractivity contribution >= 4 is 18.2 Å². The van der Waals surface area contributed by atoms with Gasteiger partial charge in [-0.15, -0.1) is 12.4 Å². The molecule has 0 fully saturated rings. The molecule has 0 bridgehead atoms. The molecule has 0 spiro atoms. The van der Waals surface area contributed by atoms with E-state index < -0.39 is 23.8 Å². The summed E-state index contributed by atoms with van der Waals surface area (Å²) in [6.07, 6.45) is -1.40. The molecule has 0 saturated heterocycles. The Morgan fingerprint density at radius 3 is 2.65 bits per heavy atom. The normalized spacial score (nSPS) is 14.3. The molecule has 23 heavy (non-hydrogen) atoms. The van der Waals surface area contributed by atoms with Gasteiger partial charge in [0.05, 0.1) is 17.3 Å². The van der Waals surface area contributed by atoms with Gasteiger partial charge in [0.1, 0.15) is 18.0 Å². The van der Waals surface area contributed by atoms with Crippen molar-refractivity contribution in [2.24, 2.45) is 0 Å². The lowest BCUT2D eigenvalue weighted by Crippen LogP contribution is -2.13. The molecule has 1 unspecified atom stereocenters. The zero-order valence-electron chi connectivity index (χ0n) is 12.3. The number of alkyl halides is 2. The van der Waals surface area contributed by atoms with Crippen LogP contribution >= 0.6 is 12.4 Å². The minimum atomic E-state index is -2.83. The van der Waals surface area contributed by atoms with Crippen LogP contribution in [0, 0.1) is 5.82 Å². The van der Waals surface area contributed by atoms with Gasteiger partial charge in [-0.3, -0.25) is 0 Å². The number of halogens is 4. The van der Waals surface area contributed by atoms with Crippen molar-refractivity contribution in [3.8, 4) is 0 Å². The van der Waals surface area contributed by atoms with Gasteiger partial charge in [0.2, 0.25) is 0 Å². The summed E-state index contributed by atoms with van der Waals surface area (Å²) < 4.78 is 39.8. The lowest BCUT2D eigenvalue weighted by Gasteiger charge is -2.18. The molecule has 1 aliphatic rings. The summed E-state index contributed by atoms with van der Waals surface area (Å²) in [6, 6.07) is 3.55. The Labute approximate surface area is 137 Å². The third kappa shape index (κ3) is 3.40. The summed E-state index contributed by atoms with van der Waals surface area (Å²) >= 11 is 0. The van der Waals surface area contributed by atoms with Gasteiger partial charge < -0.3 is 10.6 Å². The number of aromatic nitrogens is 2. The molecule has 124 valence electrons. The van der Waals surface area contributed by atoms with Gasteiger partial charge in [-0.05, 0) is 6.92 Å². The second-order valence-corrected chi connectivity index (χ2v) is 5.17. The Morgan fingerprint density at radius 1 is 1.17 bits per heavy atom. The topological polar surface area (TPSA) is 49.8 Å². The Balaban J connectivity index is 0.00000192. The Bertz CT molecular complexity index is 696. The first-order valence-corrected chi connectivity index (χ1v) is 6.94. The molecular formula is C15H16ClF3N4. The first-order valence-electron chi connectivity index (χ1n) is 6.94. The SMILES string of the molecule is CC(Nc1ncnc2c1CNC2)c1cccc(C(F)F)c1F.Cl. The minimum Gasteiger partial charge on any atom is -0.363 e. The van der Waals surface area contributed by atoms with Crippen LogP contribution in [0.1, 0.15) is 41.8 Å². The highest BCUT2D eigenvalue weighted by Gasteiger charge is 2.22. The van der Waals surface area contributed by atoms with E-state index in [9.17, 15) is 13.2 Å². The Hall–Kier alpha value is -1.86. The highest BCUT2D eigenvalue weighted by Crippen LogP contribution is 2.29. The highest BCUT2D eigenvalue weighted by atomic mass is 35.5. The molecule has 2 aromatic rings. The maximum absolute atomic E-state index is 14.2. The summed E-state index contributed by atoms with van der Waals surface area (Å²) in [4.78, 5) is 8.34. The number of nitrogens with one attached hydrogen (secondary N) is 2. The van der Waals surface area contributed by atoms with Gasteiger partial charge >= 0.3 is 0 Å². The van der Waals surface area contributed by atoms with E-state index >= 15 is 0 Å². The van der Waals surface area contributed by atoms with Gasteiger partial charge in [-0.1, -0.05) is 18.2 Å². The number of anilines is 1. The maximum atomic E-state index is 14.2. The monoisotopic (exact) mass is 344 g/mol. The van der Waals surface area contributed by atoms with Gasteiger partial charge in [-0.2, -0.15) is 0 Å². The third-order valence-electron chi connectivity index (χ3n) is 3.74. The van der Waals surface area contributed by atoms with E-state index in [0.717, 1.165) is 17.3 Å². The number of hydrogen-bond donors (Lipinski definition) is 2. The van der Waals surface area contributed by atoms with E-state index in [4.69, 9.17) is 0 Å². The largest absolute Gasteiger partial charge is 0.363 e. The van der Waals surface area contributed by atoms with Crippen LogP contribution in [0.15, 0.2) is 24.5 Å². The minimum absolute atomic E-state index is 0. The number of nitrogens with zero attached hydrogens (tertiary/aromatic N) is 2. The molecule has 3 rings (SSSR count). The molecule has 1 aromatic carbocycles. The molecule has 1 atom stereocenters. The average molecular weight is 345 g/mol. The molecule has 8 heteroatoms. The fourth-order valence-electron chi connectivity index (χ4n) is 2.57. The van der Waals surface area contributed by atoms with Crippen molar-refractivity contribution in [2.45, 2.75) is 32.5 Å². The lowest BCUT2D eigenvalue weighted by molar-refractivity contribution is 0.146. The fourth-order valence-corrected chi connectivity index (χ4v) is 2.57. The van der Waals surface area contributed by atoms with Crippen LogP contribution in [0.3, 0.4) is 0 Å². The zero-order chi connectivity index (χ0) is 15.7. The standard InChI is InChI=1S/C15H15F3N4.ClH/c1-8(9-3-2-4-10(13(9)16)14(17)18)22-15-11-5-19-6-12(11)20-7-21-15;/h2-4,7-8,14,19H,5-6H2,1H3,(H,20,21,22);1H. The second-order valence-electron chi connectivity index (χ2n) is 5.17. The van der Waals surface area contributed by atoms with E-state index in [1.165, 1.54) is 18.5 Å². The van der Waals surface area contributed by atoms with Crippen LogP contribution in [0.25, 0.3) is 0 Å². The second kappa shape index (κ2) is 7.14. The van der Waals surface area contributed by atoms with Crippen molar-refractivity contribution in [3.63, 3.8) is 0 Å². The van der Waals surface area contributed by atoms with E-state index in [2.05, 4.69) is 20.6 Å². The predicted octanol–water partition coefficient (Wildman–Crippen LogP) is 3.75. The Kier molecular flexibility index (Phi) is 5.43. The first kappa shape index (κ1) is 17.5. The van der Waals surface area contributed by atoms with Crippen molar-refractivity contribution < 1.29 is 13.2 Å². The summed E-state index contributed by atoms with van der Waals surface area (Å²) in [7, 11) is 0. The van der Waals surface area contributed by atoms with Crippen LogP contribution < -0.4 is 10.6 Å². The molecule has 1 aliphatic heterocycles. The van der Waals surface area contributed by atoms with Crippen molar-refractivity contribution in [1.29, 1.82) is 0 Å². The fraction of sp³-hybridized carbons (Fsp3) is 0.333. The van der Waals surface area contributed by atoms with Crippen molar-refractivity contribution in [3.05, 3.63) is 52.7 Å². The quantitative estimate of drug-likeness (QED) is 0.887. The number of hydrogen-bond acceptors (Lipinski definition) is 4. The summed E-state index contributed by atoms with van der Waals surface area (Å²) in [6.45, 7) is 3.01. The van der Waals surface area contributed by atoms with Crippen LogP contribution in [0.4, 0.5) is 19.0 Å². The smallest absolute Gasteiger partial charge is 0.266 e. The molecule has 0 radical (unpaired) electrons. The predicted molar refractivity (Wildman–Crippen MR) is 83.2 cm³/mol. The molecule has 0 amide bonds. The molecule has 0 saturated carbocycles. The van der Waals surface area contributed by atoms with Crippen LogP contribution in [-0.2, 0) is 13.1 Å². The van der Waals surface area contributed by atoms with Crippen LogP contribution in [0.2, 0.25) is 0 Å².